The SMILES string of the molecule is C1=CCCC(c2c3ccccc3c(-c3ccccc3)c3ccc4c(-n5c6ccccc6c6ccccc65)cccc4c23)=C1. The average molecular weight is 548 g/mol. The highest BCUT2D eigenvalue weighted by Crippen LogP contribution is 2.46. The Morgan fingerprint density at radius 3 is 1.74 bits per heavy atom. The molecule has 1 nitrogen and oxygen atoms in total. The van der Waals surface area contributed by atoms with Crippen LogP contribution in [0.1, 0.15) is 18.4 Å². The Kier molecular flexibility index (Phi) is 5.39. The molecule has 0 N–H and O–H groups in total. The van der Waals surface area contributed by atoms with E-state index in [1.165, 1.54) is 82.1 Å². The Labute approximate surface area is 250 Å². The minimum Gasteiger partial charge on any atom is -0.309 e. The molecule has 0 saturated carbocycles. The van der Waals surface area contributed by atoms with Crippen molar-refractivity contribution in [3.8, 4) is 16.8 Å². The fourth-order valence-electron chi connectivity index (χ4n) is 7.46. The number of allylic oxidation sites excluding steroid dienone is 4. The predicted molar refractivity (Wildman–Crippen MR) is 185 cm³/mol. The van der Waals surface area contributed by atoms with Crippen LogP contribution in [0.3, 0.4) is 0 Å². The summed E-state index contributed by atoms with van der Waals surface area (Å²) in [5.41, 5.74) is 9.05. The molecular weight excluding hydrogens is 518 g/mol. The Morgan fingerprint density at radius 2 is 1.05 bits per heavy atom. The number of aromatic nitrogens is 1. The summed E-state index contributed by atoms with van der Waals surface area (Å²) in [5, 5.41) is 10.4. The van der Waals surface area contributed by atoms with Gasteiger partial charge in [-0.25, -0.2) is 0 Å². The van der Waals surface area contributed by atoms with Gasteiger partial charge in [-0.3, -0.25) is 0 Å². The van der Waals surface area contributed by atoms with Crippen molar-refractivity contribution in [2.45, 2.75) is 12.8 Å². The molecule has 1 aromatic heterocycles. The van der Waals surface area contributed by atoms with E-state index in [0.29, 0.717) is 0 Å². The predicted octanol–water partition coefficient (Wildman–Crippen LogP) is 11.6. The highest BCUT2D eigenvalue weighted by atomic mass is 15.0. The van der Waals surface area contributed by atoms with Gasteiger partial charge in [0, 0.05) is 16.2 Å². The second kappa shape index (κ2) is 9.58. The quantitative estimate of drug-likeness (QED) is 0.153. The summed E-state index contributed by atoms with van der Waals surface area (Å²) >= 11 is 0. The van der Waals surface area contributed by atoms with E-state index >= 15 is 0 Å². The third-order valence-corrected chi connectivity index (χ3v) is 9.24. The van der Waals surface area contributed by atoms with E-state index in [-0.39, 0.29) is 0 Å². The lowest BCUT2D eigenvalue weighted by Gasteiger charge is -2.22. The maximum atomic E-state index is 2.46. The average Bonchev–Trinajstić information content (AvgIpc) is 3.42. The molecule has 0 unspecified atom stereocenters. The molecule has 0 spiro atoms. The Bertz CT molecular complexity index is 2380. The van der Waals surface area contributed by atoms with Gasteiger partial charge in [-0.05, 0) is 80.2 Å². The van der Waals surface area contributed by atoms with Crippen LogP contribution in [-0.4, -0.2) is 4.57 Å². The van der Waals surface area contributed by atoms with Crippen molar-refractivity contribution in [3.05, 3.63) is 157 Å². The van der Waals surface area contributed by atoms with Gasteiger partial charge in [-0.1, -0.05) is 133 Å². The molecule has 0 saturated heterocycles. The summed E-state index contributed by atoms with van der Waals surface area (Å²) in [4.78, 5) is 0. The summed E-state index contributed by atoms with van der Waals surface area (Å²) < 4.78 is 2.46. The van der Waals surface area contributed by atoms with Gasteiger partial charge in [0.05, 0.1) is 16.7 Å². The molecule has 7 aromatic carbocycles. The van der Waals surface area contributed by atoms with Crippen molar-refractivity contribution in [2.75, 3.05) is 0 Å². The van der Waals surface area contributed by atoms with Gasteiger partial charge < -0.3 is 4.57 Å². The lowest BCUT2D eigenvalue weighted by molar-refractivity contribution is 1.06. The molecule has 1 aliphatic rings. The molecule has 202 valence electrons. The van der Waals surface area contributed by atoms with Crippen LogP contribution >= 0.6 is 0 Å². The molecule has 0 radical (unpaired) electrons. The van der Waals surface area contributed by atoms with E-state index in [1.807, 2.05) is 0 Å². The summed E-state index contributed by atoms with van der Waals surface area (Å²) in [6.45, 7) is 0. The maximum Gasteiger partial charge on any atom is 0.0541 e. The van der Waals surface area contributed by atoms with E-state index in [0.717, 1.165) is 12.8 Å². The van der Waals surface area contributed by atoms with Crippen molar-refractivity contribution in [1.82, 2.24) is 4.57 Å². The highest BCUT2D eigenvalue weighted by molar-refractivity contribution is 6.26. The first kappa shape index (κ1) is 24.2. The summed E-state index contributed by atoms with van der Waals surface area (Å²) in [6.07, 6.45) is 8.97. The van der Waals surface area contributed by atoms with Crippen LogP contribution in [0.2, 0.25) is 0 Å². The smallest absolute Gasteiger partial charge is 0.0541 e. The molecule has 8 aromatic rings. The number of benzene rings is 7. The van der Waals surface area contributed by atoms with E-state index in [9.17, 15) is 0 Å². The van der Waals surface area contributed by atoms with Gasteiger partial charge >= 0.3 is 0 Å². The van der Waals surface area contributed by atoms with Crippen LogP contribution in [-0.2, 0) is 0 Å². The Hall–Kier alpha value is -5.40. The summed E-state index contributed by atoms with van der Waals surface area (Å²) in [6, 6.07) is 49.1. The Morgan fingerprint density at radius 1 is 0.442 bits per heavy atom. The number of fused-ring (bicyclic) bond motifs is 7. The second-order valence-corrected chi connectivity index (χ2v) is 11.6. The van der Waals surface area contributed by atoms with Crippen LogP contribution in [0.4, 0.5) is 0 Å². The normalized spacial score (nSPS) is 13.4. The van der Waals surface area contributed by atoms with Crippen molar-refractivity contribution >= 4 is 59.7 Å². The van der Waals surface area contributed by atoms with Gasteiger partial charge in [0.25, 0.3) is 0 Å². The zero-order valence-corrected chi connectivity index (χ0v) is 23.8. The number of para-hydroxylation sites is 2. The minimum atomic E-state index is 1.04. The van der Waals surface area contributed by atoms with Gasteiger partial charge in [-0.15, -0.1) is 0 Å². The van der Waals surface area contributed by atoms with Crippen LogP contribution < -0.4 is 0 Å². The first-order valence-electron chi connectivity index (χ1n) is 15.2. The molecule has 0 aliphatic heterocycles. The molecule has 1 heterocycles. The fraction of sp³-hybridized carbons (Fsp3) is 0.0476. The van der Waals surface area contributed by atoms with Gasteiger partial charge in [0.1, 0.15) is 0 Å². The molecular formula is C42H29N. The molecule has 0 fully saturated rings. The first-order valence-corrected chi connectivity index (χ1v) is 15.2. The van der Waals surface area contributed by atoms with Crippen LogP contribution in [0.15, 0.2) is 152 Å². The van der Waals surface area contributed by atoms with Crippen LogP contribution in [0.25, 0.3) is 76.5 Å². The number of rotatable bonds is 3. The Balaban J connectivity index is 1.49. The van der Waals surface area contributed by atoms with Gasteiger partial charge in [0.15, 0.2) is 0 Å². The van der Waals surface area contributed by atoms with Crippen molar-refractivity contribution in [2.24, 2.45) is 0 Å². The largest absolute Gasteiger partial charge is 0.309 e. The summed E-state index contributed by atoms with van der Waals surface area (Å²) in [5.74, 6) is 0. The second-order valence-electron chi connectivity index (χ2n) is 11.6. The third kappa shape index (κ3) is 3.58. The highest BCUT2D eigenvalue weighted by Gasteiger charge is 2.21. The first-order chi connectivity index (χ1) is 21.4. The molecule has 0 atom stereocenters. The van der Waals surface area contributed by atoms with E-state index in [2.05, 4.69) is 156 Å². The van der Waals surface area contributed by atoms with Gasteiger partial charge in [-0.2, -0.15) is 0 Å². The minimum absolute atomic E-state index is 1.04. The van der Waals surface area contributed by atoms with Gasteiger partial charge in [0.2, 0.25) is 0 Å². The molecule has 1 heteroatoms. The lowest BCUT2D eigenvalue weighted by atomic mass is 9.82. The van der Waals surface area contributed by atoms with E-state index < -0.39 is 0 Å². The monoisotopic (exact) mass is 547 g/mol. The topological polar surface area (TPSA) is 4.93 Å². The van der Waals surface area contributed by atoms with Crippen LogP contribution in [0, 0.1) is 0 Å². The zero-order chi connectivity index (χ0) is 28.3. The van der Waals surface area contributed by atoms with Crippen molar-refractivity contribution in [1.29, 1.82) is 0 Å². The molecule has 43 heavy (non-hydrogen) atoms. The standard InChI is InChI=1S/C42H29N/c1-3-14-28(15-4-1)40-34-20-7-8-21-35(34)41(29-16-5-2-6-17-29)42-33-22-13-25-39(32(33)26-27-36(40)42)43-37-23-11-9-18-30(37)31-19-10-12-24-38(31)43/h1-5,7-16,18-27H,6,17H2. The lowest BCUT2D eigenvalue weighted by Crippen LogP contribution is -1.98. The molecule has 1 aliphatic carbocycles. The zero-order valence-electron chi connectivity index (χ0n) is 23.8. The van der Waals surface area contributed by atoms with Crippen LogP contribution in [0.5, 0.6) is 0 Å². The van der Waals surface area contributed by atoms with E-state index in [1.54, 1.807) is 0 Å². The molecule has 9 rings (SSSR count). The molecule has 0 amide bonds. The molecule has 0 bridgehead atoms. The number of nitrogens with zero attached hydrogens (tertiary/aromatic N) is 1. The number of hydrogen-bond acceptors (Lipinski definition) is 0. The third-order valence-electron chi connectivity index (χ3n) is 9.24. The van der Waals surface area contributed by atoms with Crippen molar-refractivity contribution < 1.29 is 0 Å². The number of hydrogen-bond donors (Lipinski definition) is 0. The maximum absolute atomic E-state index is 2.46. The van der Waals surface area contributed by atoms with E-state index in [4.69, 9.17) is 0 Å². The van der Waals surface area contributed by atoms with Crippen molar-refractivity contribution in [3.63, 3.8) is 0 Å². The summed E-state index contributed by atoms with van der Waals surface area (Å²) in [7, 11) is 0. The fourth-order valence-corrected chi connectivity index (χ4v) is 7.46.